The van der Waals surface area contributed by atoms with E-state index in [1.807, 2.05) is 53.6 Å². The van der Waals surface area contributed by atoms with E-state index in [9.17, 15) is 9.59 Å². The minimum absolute atomic E-state index is 0.0443. The van der Waals surface area contributed by atoms with Gasteiger partial charge in [-0.3, -0.25) is 4.79 Å². The Kier molecular flexibility index (Phi) is 7.99. The zero-order chi connectivity index (χ0) is 30.3. The molecular formula is C34H38N4O5S. The quantitative estimate of drug-likeness (QED) is 0.222. The number of thiophene rings is 1. The van der Waals surface area contributed by atoms with Crippen LogP contribution in [0.3, 0.4) is 0 Å². The van der Waals surface area contributed by atoms with Gasteiger partial charge >= 0.3 is 5.97 Å². The minimum atomic E-state index is -0.533. The highest BCUT2D eigenvalue weighted by Gasteiger charge is 2.44. The summed E-state index contributed by atoms with van der Waals surface area (Å²) in [6.45, 7) is 3.49. The number of methoxy groups -OCH3 is 1. The summed E-state index contributed by atoms with van der Waals surface area (Å²) in [6, 6.07) is 13.9. The van der Waals surface area contributed by atoms with E-state index in [-0.39, 0.29) is 17.9 Å². The van der Waals surface area contributed by atoms with E-state index in [4.69, 9.17) is 14.2 Å². The number of aromatic nitrogens is 3. The predicted molar refractivity (Wildman–Crippen MR) is 169 cm³/mol. The first-order valence-electron chi connectivity index (χ1n) is 15.7. The fraction of sp³-hybridized carbons (Fsp3) is 0.471. The molecule has 0 atom stereocenters. The molecule has 0 bridgehead atoms. The van der Waals surface area contributed by atoms with Gasteiger partial charge in [0.2, 0.25) is 5.91 Å². The molecule has 10 heteroatoms. The van der Waals surface area contributed by atoms with Crippen molar-refractivity contribution in [3.05, 3.63) is 59.7 Å². The van der Waals surface area contributed by atoms with Gasteiger partial charge in [0.15, 0.2) is 11.4 Å². The van der Waals surface area contributed by atoms with Crippen molar-refractivity contribution >= 4 is 34.5 Å². The zero-order valence-electron chi connectivity index (χ0n) is 25.2. The first-order valence-corrected chi connectivity index (χ1v) is 16.5. The van der Waals surface area contributed by atoms with Crippen LogP contribution in [0.4, 0.5) is 5.69 Å². The summed E-state index contributed by atoms with van der Waals surface area (Å²) in [7, 11) is 1.40. The Morgan fingerprint density at radius 1 is 1.00 bits per heavy atom. The molecule has 4 heterocycles. The van der Waals surface area contributed by atoms with Gasteiger partial charge in [0.25, 0.3) is 0 Å². The van der Waals surface area contributed by atoms with Crippen molar-refractivity contribution in [2.24, 2.45) is 11.8 Å². The van der Waals surface area contributed by atoms with E-state index in [1.54, 1.807) is 10.7 Å². The highest BCUT2D eigenvalue weighted by molar-refractivity contribution is 7.18. The van der Waals surface area contributed by atoms with Gasteiger partial charge in [0.05, 0.1) is 31.7 Å². The van der Waals surface area contributed by atoms with Crippen LogP contribution in [-0.2, 0) is 19.0 Å². The third-order valence-electron chi connectivity index (χ3n) is 9.54. The van der Waals surface area contributed by atoms with Gasteiger partial charge < -0.3 is 19.1 Å². The SMILES string of the molecule is COC(=O)c1sc(-c2ccc(-c3cc4ncccn4n3)cc2)cc1N(C(=O)C1CCC(C)CC1)C1CCC2(CC1)OCCO2. The molecule has 3 aliphatic rings. The third kappa shape index (κ3) is 5.55. The molecule has 1 aromatic carbocycles. The Bertz CT molecular complexity index is 1610. The number of esters is 1. The molecule has 1 amide bonds. The molecule has 1 spiro atoms. The van der Waals surface area contributed by atoms with Crippen molar-refractivity contribution in [1.29, 1.82) is 0 Å². The number of anilines is 1. The summed E-state index contributed by atoms with van der Waals surface area (Å²) in [5.74, 6) is -0.243. The summed E-state index contributed by atoms with van der Waals surface area (Å²) in [5, 5.41) is 4.64. The van der Waals surface area contributed by atoms with Crippen LogP contribution in [0.15, 0.2) is 54.9 Å². The molecule has 44 heavy (non-hydrogen) atoms. The maximum atomic E-state index is 14.4. The molecule has 0 N–H and O–H groups in total. The standard InChI is InChI=1S/C34H38N4O5S/c1-22-4-6-25(7-5-22)32(39)38(26-12-14-34(15-13-26)42-18-19-43-34)28-21-29(44-31(28)33(40)41-2)24-10-8-23(9-11-24)27-20-30-35-16-3-17-37(30)36-27/h3,8-11,16-17,20-22,25-26H,4-7,12-15,18-19H2,1-2H3. The van der Waals surface area contributed by atoms with Crippen LogP contribution in [0, 0.1) is 11.8 Å². The number of hydrogen-bond donors (Lipinski definition) is 0. The summed E-state index contributed by atoms with van der Waals surface area (Å²) >= 11 is 1.38. The van der Waals surface area contributed by atoms with Gasteiger partial charge in [-0.25, -0.2) is 14.3 Å². The smallest absolute Gasteiger partial charge is 0.350 e. The van der Waals surface area contributed by atoms with Crippen LogP contribution < -0.4 is 4.90 Å². The Morgan fingerprint density at radius 2 is 1.70 bits per heavy atom. The number of fused-ring (bicyclic) bond motifs is 1. The number of rotatable bonds is 6. The van der Waals surface area contributed by atoms with E-state index in [0.717, 1.165) is 78.7 Å². The lowest BCUT2D eigenvalue weighted by Gasteiger charge is -2.42. The highest BCUT2D eigenvalue weighted by Crippen LogP contribution is 2.44. The van der Waals surface area contributed by atoms with Crippen LogP contribution in [-0.4, -0.2) is 58.6 Å². The summed E-state index contributed by atoms with van der Waals surface area (Å²) in [4.78, 5) is 35.3. The van der Waals surface area contributed by atoms with Gasteiger partial charge in [-0.2, -0.15) is 5.10 Å². The van der Waals surface area contributed by atoms with Crippen LogP contribution in [0.5, 0.6) is 0 Å². The van der Waals surface area contributed by atoms with Gasteiger partial charge in [-0.1, -0.05) is 31.2 Å². The molecule has 3 fully saturated rings. The van der Waals surface area contributed by atoms with Crippen molar-refractivity contribution in [1.82, 2.24) is 14.6 Å². The zero-order valence-corrected chi connectivity index (χ0v) is 26.1. The van der Waals surface area contributed by atoms with Crippen LogP contribution >= 0.6 is 11.3 Å². The van der Waals surface area contributed by atoms with Crippen LogP contribution in [0.1, 0.15) is 68.0 Å². The molecule has 0 radical (unpaired) electrons. The second-order valence-electron chi connectivity index (χ2n) is 12.3. The Morgan fingerprint density at radius 3 is 2.39 bits per heavy atom. The minimum Gasteiger partial charge on any atom is -0.465 e. The van der Waals surface area contributed by atoms with Gasteiger partial charge in [0, 0.05) is 53.7 Å². The summed E-state index contributed by atoms with van der Waals surface area (Å²) in [6.07, 6.45) is 10.5. The fourth-order valence-electron chi connectivity index (χ4n) is 7.00. The number of amides is 1. The van der Waals surface area contributed by atoms with Gasteiger partial charge in [-0.15, -0.1) is 11.3 Å². The molecule has 7 rings (SSSR count). The maximum absolute atomic E-state index is 14.4. The summed E-state index contributed by atoms with van der Waals surface area (Å²) < 4.78 is 19.0. The monoisotopic (exact) mass is 614 g/mol. The topological polar surface area (TPSA) is 95.3 Å². The molecule has 0 unspecified atom stereocenters. The number of nitrogens with zero attached hydrogens (tertiary/aromatic N) is 4. The van der Waals surface area contributed by atoms with Crippen molar-refractivity contribution in [2.45, 2.75) is 70.1 Å². The molecule has 1 aliphatic heterocycles. The maximum Gasteiger partial charge on any atom is 0.350 e. The number of hydrogen-bond acceptors (Lipinski definition) is 8. The number of benzene rings is 1. The summed E-state index contributed by atoms with van der Waals surface area (Å²) in [5.41, 5.74) is 4.21. The molecular weight excluding hydrogens is 576 g/mol. The lowest BCUT2D eigenvalue weighted by molar-refractivity contribution is -0.179. The molecule has 4 aromatic rings. The lowest BCUT2D eigenvalue weighted by Crippen LogP contribution is -2.49. The normalized spacial score (nSPS) is 22.0. The van der Waals surface area contributed by atoms with Gasteiger partial charge in [-0.05, 0) is 62.1 Å². The highest BCUT2D eigenvalue weighted by atomic mass is 32.1. The first-order chi connectivity index (χ1) is 21.4. The first kappa shape index (κ1) is 29.1. The molecule has 9 nitrogen and oxygen atoms in total. The Hall–Kier alpha value is -3.60. The van der Waals surface area contributed by atoms with Gasteiger partial charge in [0.1, 0.15) is 4.88 Å². The fourth-order valence-corrected chi connectivity index (χ4v) is 8.08. The number of ether oxygens (including phenoxy) is 3. The molecule has 1 saturated heterocycles. The van der Waals surface area contributed by atoms with Crippen molar-refractivity contribution < 1.29 is 23.8 Å². The Balaban J connectivity index is 1.22. The number of carbonyl (C=O) groups is 2. The molecule has 230 valence electrons. The third-order valence-corrected chi connectivity index (χ3v) is 10.7. The molecule has 3 aromatic heterocycles. The van der Waals surface area contributed by atoms with Crippen molar-refractivity contribution in [2.75, 3.05) is 25.2 Å². The predicted octanol–water partition coefficient (Wildman–Crippen LogP) is 6.76. The number of carbonyl (C=O) groups excluding carboxylic acids is 2. The average Bonchev–Trinajstić information content (AvgIpc) is 3.81. The van der Waals surface area contributed by atoms with E-state index in [2.05, 4.69) is 17.0 Å². The van der Waals surface area contributed by atoms with Crippen molar-refractivity contribution in [3.8, 4) is 21.7 Å². The van der Waals surface area contributed by atoms with Crippen LogP contribution in [0.2, 0.25) is 0 Å². The lowest BCUT2D eigenvalue weighted by atomic mass is 9.81. The second kappa shape index (κ2) is 12.1. The van der Waals surface area contributed by atoms with Crippen molar-refractivity contribution in [3.63, 3.8) is 0 Å². The van der Waals surface area contributed by atoms with Crippen LogP contribution in [0.25, 0.3) is 27.3 Å². The van der Waals surface area contributed by atoms with E-state index >= 15 is 0 Å². The largest absolute Gasteiger partial charge is 0.465 e. The Labute approximate surface area is 261 Å². The van der Waals surface area contributed by atoms with E-state index in [0.29, 0.717) is 29.7 Å². The van der Waals surface area contributed by atoms with E-state index < -0.39 is 11.8 Å². The average molecular weight is 615 g/mol. The second-order valence-corrected chi connectivity index (χ2v) is 13.4. The molecule has 2 aliphatic carbocycles. The van der Waals surface area contributed by atoms with E-state index in [1.165, 1.54) is 18.4 Å². The molecule has 2 saturated carbocycles.